The van der Waals surface area contributed by atoms with Crippen LogP contribution in [0.25, 0.3) is 0 Å². The second-order valence-electron chi connectivity index (χ2n) is 4.90. The summed E-state index contributed by atoms with van der Waals surface area (Å²) in [6.45, 7) is 0. The number of rotatable bonds is 6. The van der Waals surface area contributed by atoms with Gasteiger partial charge < -0.3 is 18.9 Å². The second-order valence-corrected chi connectivity index (χ2v) is 4.90. The van der Waals surface area contributed by atoms with E-state index in [2.05, 4.69) is 0 Å². The van der Waals surface area contributed by atoms with E-state index in [0.717, 1.165) is 40.6 Å². The van der Waals surface area contributed by atoms with Gasteiger partial charge in [0.1, 0.15) is 11.1 Å². The lowest BCUT2D eigenvalue weighted by molar-refractivity contribution is 0.101. The topological polar surface area (TPSA) is 54.0 Å². The van der Waals surface area contributed by atoms with Crippen molar-refractivity contribution in [2.24, 2.45) is 0 Å². The van der Waals surface area contributed by atoms with Crippen molar-refractivity contribution in [2.75, 3.05) is 28.4 Å². The molecule has 5 nitrogen and oxygen atoms in total. The average Bonchev–Trinajstić information content (AvgIpc) is 2.62. The highest BCUT2D eigenvalue weighted by atomic mass is 19.1. The SMILES string of the molecule is COc1cc(OC)c(F)c(C(=O)c2c(F)c(OC)cc(OC)c2F)c1F. The zero-order chi connectivity index (χ0) is 19.6. The Balaban J connectivity index is 2.83. The molecular weight excluding hydrogens is 360 g/mol. The quantitative estimate of drug-likeness (QED) is 0.572. The molecule has 0 fully saturated rings. The normalized spacial score (nSPS) is 10.5. The van der Waals surface area contributed by atoms with Crippen molar-refractivity contribution < 1.29 is 41.3 Å². The number of hydrogen-bond acceptors (Lipinski definition) is 5. The fourth-order valence-electron chi connectivity index (χ4n) is 2.29. The van der Waals surface area contributed by atoms with Crippen LogP contribution in [-0.2, 0) is 0 Å². The van der Waals surface area contributed by atoms with Gasteiger partial charge in [-0.3, -0.25) is 4.79 Å². The number of carbonyl (C=O) groups excluding carboxylic acids is 1. The van der Waals surface area contributed by atoms with Crippen LogP contribution in [0.2, 0.25) is 0 Å². The van der Waals surface area contributed by atoms with E-state index in [1.807, 2.05) is 0 Å². The van der Waals surface area contributed by atoms with Gasteiger partial charge in [0.15, 0.2) is 46.3 Å². The molecule has 0 spiro atoms. The first kappa shape index (κ1) is 19.4. The molecule has 0 N–H and O–H groups in total. The number of carbonyl (C=O) groups is 1. The highest BCUT2D eigenvalue weighted by molar-refractivity contribution is 6.10. The largest absolute Gasteiger partial charge is 0.494 e. The van der Waals surface area contributed by atoms with E-state index in [1.165, 1.54) is 0 Å². The maximum absolute atomic E-state index is 14.5. The second kappa shape index (κ2) is 7.51. The van der Waals surface area contributed by atoms with E-state index in [-0.39, 0.29) is 0 Å². The lowest BCUT2D eigenvalue weighted by Gasteiger charge is -2.14. The van der Waals surface area contributed by atoms with E-state index < -0.39 is 63.2 Å². The first-order valence-electron chi connectivity index (χ1n) is 7.06. The maximum Gasteiger partial charge on any atom is 0.205 e. The van der Waals surface area contributed by atoms with Gasteiger partial charge in [-0.15, -0.1) is 0 Å². The van der Waals surface area contributed by atoms with Crippen molar-refractivity contribution in [1.29, 1.82) is 0 Å². The molecule has 140 valence electrons. The lowest BCUT2D eigenvalue weighted by Crippen LogP contribution is -2.15. The maximum atomic E-state index is 14.5. The Bertz CT molecular complexity index is 741. The highest BCUT2D eigenvalue weighted by Crippen LogP contribution is 2.36. The van der Waals surface area contributed by atoms with Crippen LogP contribution in [0.15, 0.2) is 12.1 Å². The third kappa shape index (κ3) is 3.00. The van der Waals surface area contributed by atoms with E-state index in [0.29, 0.717) is 0 Å². The van der Waals surface area contributed by atoms with E-state index in [4.69, 9.17) is 18.9 Å². The molecule has 0 amide bonds. The first-order valence-corrected chi connectivity index (χ1v) is 7.06. The molecule has 0 heterocycles. The van der Waals surface area contributed by atoms with Crippen LogP contribution >= 0.6 is 0 Å². The van der Waals surface area contributed by atoms with E-state index >= 15 is 0 Å². The summed E-state index contributed by atoms with van der Waals surface area (Å²) in [4.78, 5) is 12.6. The zero-order valence-corrected chi connectivity index (χ0v) is 14.2. The van der Waals surface area contributed by atoms with Crippen LogP contribution in [0.4, 0.5) is 17.6 Å². The summed E-state index contributed by atoms with van der Waals surface area (Å²) in [5.41, 5.74) is -2.48. The Hall–Kier alpha value is -2.97. The van der Waals surface area contributed by atoms with Gasteiger partial charge in [0, 0.05) is 12.1 Å². The molecule has 0 radical (unpaired) electrons. The van der Waals surface area contributed by atoms with Crippen LogP contribution in [0, 0.1) is 23.3 Å². The molecule has 0 atom stereocenters. The van der Waals surface area contributed by atoms with E-state index in [9.17, 15) is 22.4 Å². The molecule has 0 saturated heterocycles. The van der Waals surface area contributed by atoms with Gasteiger partial charge in [-0.1, -0.05) is 0 Å². The van der Waals surface area contributed by atoms with Gasteiger partial charge in [0.05, 0.1) is 28.4 Å². The summed E-state index contributed by atoms with van der Waals surface area (Å²) >= 11 is 0. The number of hydrogen-bond donors (Lipinski definition) is 0. The molecule has 0 aliphatic carbocycles. The fraction of sp³-hybridized carbons (Fsp3) is 0.235. The summed E-state index contributed by atoms with van der Waals surface area (Å²) in [7, 11) is 4.28. The van der Waals surface area contributed by atoms with Crippen LogP contribution in [0.5, 0.6) is 23.0 Å². The highest BCUT2D eigenvalue weighted by Gasteiger charge is 2.32. The van der Waals surface area contributed by atoms with Gasteiger partial charge in [-0.05, 0) is 0 Å². The third-order valence-corrected chi connectivity index (χ3v) is 3.60. The Morgan fingerprint density at radius 3 is 1.04 bits per heavy atom. The third-order valence-electron chi connectivity index (χ3n) is 3.60. The minimum Gasteiger partial charge on any atom is -0.494 e. The van der Waals surface area contributed by atoms with Gasteiger partial charge in [-0.25, -0.2) is 17.6 Å². The van der Waals surface area contributed by atoms with Crippen LogP contribution in [-0.4, -0.2) is 34.2 Å². The lowest BCUT2D eigenvalue weighted by atomic mass is 9.99. The Morgan fingerprint density at radius 2 is 0.846 bits per heavy atom. The van der Waals surface area contributed by atoms with Gasteiger partial charge in [0.25, 0.3) is 0 Å². The standard InChI is InChI=1S/C17H14F4O5/c1-23-7-5-8(24-2)14(19)11(13(7)18)17(22)12-15(20)9(25-3)6-10(26-4)16(12)21/h5-6H,1-4H3. The minimum atomic E-state index is -1.61. The first-order chi connectivity index (χ1) is 12.3. The molecule has 0 bridgehead atoms. The van der Waals surface area contributed by atoms with Crippen molar-refractivity contribution in [1.82, 2.24) is 0 Å². The van der Waals surface area contributed by atoms with Crippen molar-refractivity contribution in [3.63, 3.8) is 0 Å². The predicted octanol–water partition coefficient (Wildman–Crippen LogP) is 3.51. The monoisotopic (exact) mass is 374 g/mol. The molecule has 0 aliphatic rings. The Morgan fingerprint density at radius 1 is 0.615 bits per heavy atom. The van der Waals surface area contributed by atoms with Crippen LogP contribution in [0.3, 0.4) is 0 Å². The van der Waals surface area contributed by atoms with E-state index in [1.54, 1.807) is 0 Å². The summed E-state index contributed by atoms with van der Waals surface area (Å²) in [5, 5.41) is 0. The molecule has 2 aromatic carbocycles. The summed E-state index contributed by atoms with van der Waals surface area (Å²) in [6.07, 6.45) is 0. The van der Waals surface area contributed by atoms with Crippen LogP contribution < -0.4 is 18.9 Å². The van der Waals surface area contributed by atoms with Gasteiger partial charge in [-0.2, -0.15) is 0 Å². The van der Waals surface area contributed by atoms with Crippen molar-refractivity contribution >= 4 is 5.78 Å². The molecular formula is C17H14F4O5. The summed E-state index contributed by atoms with van der Waals surface area (Å²) < 4.78 is 76.7. The van der Waals surface area contributed by atoms with Gasteiger partial charge in [0.2, 0.25) is 5.78 Å². The predicted molar refractivity (Wildman–Crippen MR) is 82.4 cm³/mol. The fourth-order valence-corrected chi connectivity index (χ4v) is 2.29. The Kier molecular flexibility index (Phi) is 5.59. The zero-order valence-electron chi connectivity index (χ0n) is 14.2. The van der Waals surface area contributed by atoms with Gasteiger partial charge >= 0.3 is 0 Å². The average molecular weight is 374 g/mol. The summed E-state index contributed by atoms with van der Waals surface area (Å²) in [6, 6.07) is 1.72. The minimum absolute atomic E-state index is 0.540. The molecule has 0 unspecified atom stereocenters. The molecule has 0 aliphatic heterocycles. The number of benzene rings is 2. The number of ketones is 1. The van der Waals surface area contributed by atoms with Crippen molar-refractivity contribution in [3.8, 4) is 23.0 Å². The van der Waals surface area contributed by atoms with Crippen LogP contribution in [0.1, 0.15) is 15.9 Å². The molecule has 2 aromatic rings. The van der Waals surface area contributed by atoms with Crippen molar-refractivity contribution in [2.45, 2.75) is 0 Å². The number of methoxy groups -OCH3 is 4. The molecule has 0 aromatic heterocycles. The smallest absolute Gasteiger partial charge is 0.205 e. The molecule has 0 saturated carbocycles. The van der Waals surface area contributed by atoms with Crippen molar-refractivity contribution in [3.05, 3.63) is 46.5 Å². The molecule has 2 rings (SSSR count). The molecule has 26 heavy (non-hydrogen) atoms. The summed E-state index contributed by atoms with van der Waals surface area (Å²) in [5.74, 6) is -9.50. The number of ether oxygens (including phenoxy) is 4. The Labute approximate surface area is 146 Å². The molecule has 9 heteroatoms. The number of halogens is 4.